The van der Waals surface area contributed by atoms with Crippen LogP contribution in [-0.2, 0) is 0 Å². The Balaban J connectivity index is 2.09. The number of aromatic hydroxyl groups is 1. The van der Waals surface area contributed by atoms with Crippen molar-refractivity contribution in [1.29, 1.82) is 0 Å². The van der Waals surface area contributed by atoms with Crippen molar-refractivity contribution in [3.63, 3.8) is 0 Å². The first-order chi connectivity index (χ1) is 9.16. The number of benzene rings is 1. The lowest BCUT2D eigenvalue weighted by molar-refractivity contribution is 0.0950. The van der Waals surface area contributed by atoms with E-state index in [4.69, 9.17) is 0 Å². The highest BCUT2D eigenvalue weighted by atomic mass is 16.3. The van der Waals surface area contributed by atoms with Crippen LogP contribution in [-0.4, -0.2) is 21.7 Å². The summed E-state index contributed by atoms with van der Waals surface area (Å²) in [5.74, 6) is -0.219. The summed E-state index contributed by atoms with van der Waals surface area (Å²) in [7, 11) is 0. The lowest BCUT2D eigenvalue weighted by Crippen LogP contribution is -2.20. The summed E-state index contributed by atoms with van der Waals surface area (Å²) in [5, 5.41) is 13.3. The molecule has 0 aliphatic rings. The summed E-state index contributed by atoms with van der Waals surface area (Å²) in [6.07, 6.45) is 1.54. The van der Waals surface area contributed by atoms with Crippen molar-refractivity contribution in [2.75, 3.05) is 0 Å². The minimum absolute atomic E-state index is 0.156. The van der Waals surface area contributed by atoms with E-state index in [2.05, 4.69) is 15.5 Å². The first-order valence-corrected chi connectivity index (χ1v) is 5.72. The van der Waals surface area contributed by atoms with Crippen LogP contribution >= 0.6 is 0 Å². The molecule has 0 atom stereocenters. The Labute approximate surface area is 110 Å². The van der Waals surface area contributed by atoms with Gasteiger partial charge in [0.2, 0.25) is 0 Å². The van der Waals surface area contributed by atoms with E-state index in [-0.39, 0.29) is 11.7 Å². The van der Waals surface area contributed by atoms with Crippen molar-refractivity contribution in [2.24, 2.45) is 5.10 Å². The Bertz CT molecular complexity index is 609. The second kappa shape index (κ2) is 5.77. The Morgan fingerprint density at radius 3 is 2.79 bits per heavy atom. The zero-order chi connectivity index (χ0) is 13.7. The molecular formula is C14H13N3O2. The molecule has 0 aliphatic carbocycles. The molecule has 1 aromatic carbocycles. The van der Waals surface area contributed by atoms with Gasteiger partial charge in [0.05, 0.1) is 5.71 Å². The van der Waals surface area contributed by atoms with Crippen LogP contribution in [0.5, 0.6) is 5.75 Å². The predicted molar refractivity (Wildman–Crippen MR) is 72.0 cm³/mol. The highest BCUT2D eigenvalue weighted by Crippen LogP contribution is 2.11. The predicted octanol–water partition coefficient (Wildman–Crippen LogP) is 1.94. The summed E-state index contributed by atoms with van der Waals surface area (Å²) in [5.41, 5.74) is 4.06. The molecule has 0 radical (unpaired) electrons. The fraction of sp³-hybridized carbons (Fsp3) is 0.0714. The molecule has 2 rings (SSSR count). The summed E-state index contributed by atoms with van der Waals surface area (Å²) in [6, 6.07) is 11.7. The molecule has 2 N–H and O–H groups in total. The van der Waals surface area contributed by atoms with Crippen LogP contribution in [0.3, 0.4) is 0 Å². The Kier molecular flexibility index (Phi) is 3.87. The van der Waals surface area contributed by atoms with Gasteiger partial charge in [-0.15, -0.1) is 0 Å². The molecule has 0 saturated heterocycles. The smallest absolute Gasteiger partial charge is 0.289 e. The number of rotatable bonds is 3. The zero-order valence-corrected chi connectivity index (χ0v) is 10.4. The highest BCUT2D eigenvalue weighted by molar-refractivity contribution is 6.00. The number of phenolic OH excluding ortho intramolecular Hbond substituents is 1. The number of hydrogen-bond donors (Lipinski definition) is 2. The number of carbonyl (C=O) groups is 1. The highest BCUT2D eigenvalue weighted by Gasteiger charge is 2.05. The number of nitrogens with zero attached hydrogens (tertiary/aromatic N) is 2. The van der Waals surface area contributed by atoms with Gasteiger partial charge in [-0.05, 0) is 31.2 Å². The lowest BCUT2D eigenvalue weighted by atomic mass is 10.1. The molecule has 1 heterocycles. The van der Waals surface area contributed by atoms with Crippen LogP contribution in [0.25, 0.3) is 0 Å². The van der Waals surface area contributed by atoms with Gasteiger partial charge in [0.15, 0.2) is 0 Å². The number of amides is 1. The van der Waals surface area contributed by atoms with Crippen molar-refractivity contribution in [1.82, 2.24) is 10.4 Å². The SMILES string of the molecule is CC(=NNC(=O)c1ccccn1)c1cccc(O)c1. The Hall–Kier alpha value is -2.69. The molecule has 5 heteroatoms. The van der Waals surface area contributed by atoms with Gasteiger partial charge in [0.25, 0.3) is 5.91 Å². The Morgan fingerprint density at radius 2 is 2.11 bits per heavy atom. The number of hydrazone groups is 1. The van der Waals surface area contributed by atoms with E-state index in [0.717, 1.165) is 5.56 Å². The number of aromatic nitrogens is 1. The maximum atomic E-state index is 11.7. The minimum Gasteiger partial charge on any atom is -0.508 e. The van der Waals surface area contributed by atoms with Crippen molar-refractivity contribution in [3.8, 4) is 5.75 Å². The maximum absolute atomic E-state index is 11.7. The second-order valence-corrected chi connectivity index (χ2v) is 3.90. The van der Waals surface area contributed by atoms with E-state index < -0.39 is 0 Å². The number of carbonyl (C=O) groups excluding carboxylic acids is 1. The summed E-state index contributed by atoms with van der Waals surface area (Å²) in [4.78, 5) is 15.6. The summed E-state index contributed by atoms with van der Waals surface area (Å²) >= 11 is 0. The van der Waals surface area contributed by atoms with E-state index in [9.17, 15) is 9.90 Å². The largest absolute Gasteiger partial charge is 0.508 e. The van der Waals surface area contributed by atoms with Crippen molar-refractivity contribution < 1.29 is 9.90 Å². The molecular weight excluding hydrogens is 242 g/mol. The van der Waals surface area contributed by atoms with Gasteiger partial charge in [-0.2, -0.15) is 5.10 Å². The molecule has 0 aliphatic heterocycles. The van der Waals surface area contributed by atoms with Crippen LogP contribution in [0.1, 0.15) is 23.0 Å². The second-order valence-electron chi connectivity index (χ2n) is 3.90. The van der Waals surface area contributed by atoms with Crippen LogP contribution in [0.15, 0.2) is 53.8 Å². The van der Waals surface area contributed by atoms with Crippen LogP contribution in [0, 0.1) is 0 Å². The molecule has 0 spiro atoms. The van der Waals surface area contributed by atoms with Gasteiger partial charge in [0.1, 0.15) is 11.4 Å². The molecule has 96 valence electrons. The van der Waals surface area contributed by atoms with Crippen molar-refractivity contribution >= 4 is 11.6 Å². The third kappa shape index (κ3) is 3.38. The molecule has 19 heavy (non-hydrogen) atoms. The third-order valence-electron chi connectivity index (χ3n) is 2.49. The molecule has 5 nitrogen and oxygen atoms in total. The van der Waals surface area contributed by atoms with Gasteiger partial charge in [-0.25, -0.2) is 5.43 Å². The molecule has 2 aromatic rings. The van der Waals surface area contributed by atoms with Crippen molar-refractivity contribution in [3.05, 3.63) is 59.9 Å². The number of pyridine rings is 1. The van der Waals surface area contributed by atoms with E-state index in [1.807, 2.05) is 0 Å². The third-order valence-corrected chi connectivity index (χ3v) is 2.49. The minimum atomic E-state index is -0.375. The monoisotopic (exact) mass is 255 g/mol. The number of nitrogens with one attached hydrogen (secondary N) is 1. The molecule has 0 bridgehead atoms. The van der Waals surface area contributed by atoms with E-state index in [0.29, 0.717) is 11.4 Å². The van der Waals surface area contributed by atoms with Crippen LogP contribution in [0.2, 0.25) is 0 Å². The standard InChI is InChI=1S/C14H13N3O2/c1-10(11-5-4-6-12(18)9-11)16-17-14(19)13-7-2-3-8-15-13/h2-9,18H,1H3,(H,17,19). The quantitative estimate of drug-likeness (QED) is 0.650. The normalized spacial score (nSPS) is 11.1. The van der Waals surface area contributed by atoms with E-state index >= 15 is 0 Å². The summed E-state index contributed by atoms with van der Waals surface area (Å²) < 4.78 is 0. The first kappa shape index (κ1) is 12.8. The van der Waals surface area contributed by atoms with Gasteiger partial charge >= 0.3 is 0 Å². The van der Waals surface area contributed by atoms with Crippen molar-refractivity contribution in [2.45, 2.75) is 6.92 Å². The first-order valence-electron chi connectivity index (χ1n) is 5.72. The fourth-order valence-electron chi connectivity index (χ4n) is 1.48. The van der Waals surface area contributed by atoms with E-state index in [1.54, 1.807) is 55.6 Å². The lowest BCUT2D eigenvalue weighted by Gasteiger charge is -2.03. The maximum Gasteiger partial charge on any atom is 0.289 e. The number of hydrogen-bond acceptors (Lipinski definition) is 4. The average molecular weight is 255 g/mol. The van der Waals surface area contributed by atoms with Gasteiger partial charge < -0.3 is 5.11 Å². The van der Waals surface area contributed by atoms with Crippen LogP contribution in [0.4, 0.5) is 0 Å². The fourth-order valence-corrected chi connectivity index (χ4v) is 1.48. The van der Waals surface area contributed by atoms with E-state index in [1.165, 1.54) is 0 Å². The average Bonchev–Trinajstić information content (AvgIpc) is 2.45. The molecule has 0 fully saturated rings. The topological polar surface area (TPSA) is 74.6 Å². The Morgan fingerprint density at radius 1 is 1.26 bits per heavy atom. The van der Waals surface area contributed by atoms with Gasteiger partial charge in [-0.1, -0.05) is 18.2 Å². The van der Waals surface area contributed by atoms with Crippen LogP contribution < -0.4 is 5.43 Å². The molecule has 0 unspecified atom stereocenters. The molecule has 0 saturated carbocycles. The molecule has 1 aromatic heterocycles. The zero-order valence-electron chi connectivity index (χ0n) is 10.4. The van der Waals surface area contributed by atoms with Gasteiger partial charge in [-0.3, -0.25) is 9.78 Å². The number of phenols is 1. The van der Waals surface area contributed by atoms with Gasteiger partial charge in [0, 0.05) is 11.8 Å². The summed E-state index contributed by atoms with van der Waals surface area (Å²) in [6.45, 7) is 1.74. The molecule has 1 amide bonds.